The minimum Gasteiger partial charge on any atom is -0.497 e. The van der Waals surface area contributed by atoms with E-state index in [0.717, 1.165) is 56.2 Å². The van der Waals surface area contributed by atoms with Crippen LogP contribution in [0.5, 0.6) is 5.75 Å². The largest absolute Gasteiger partial charge is 0.497 e. The fraction of sp³-hybridized carbons (Fsp3) is 0.304. The van der Waals surface area contributed by atoms with Gasteiger partial charge in [-0.2, -0.15) is 0 Å². The molecular weight excluding hydrogens is 380 g/mol. The van der Waals surface area contributed by atoms with Gasteiger partial charge in [-0.05, 0) is 36.4 Å². The van der Waals surface area contributed by atoms with Gasteiger partial charge in [-0.3, -0.25) is 4.79 Å². The standard InChI is InChI=1S/C23H24N4O3/c1-29-17-8-6-16(7-9-17)14-26-10-12-27(13-11-26)15-20-24-21-18-4-2-3-5-19(18)30-22(21)23(28)25-20/h2-9H,10-15H2,1H3,(H,24,25,28)/p+2. The van der Waals surface area contributed by atoms with E-state index in [0.29, 0.717) is 16.7 Å². The van der Waals surface area contributed by atoms with Gasteiger partial charge in [-0.15, -0.1) is 0 Å². The van der Waals surface area contributed by atoms with E-state index in [1.165, 1.54) is 10.5 Å². The van der Waals surface area contributed by atoms with Crippen molar-refractivity contribution in [3.05, 3.63) is 70.3 Å². The summed E-state index contributed by atoms with van der Waals surface area (Å²) in [5.74, 6) is 1.62. The van der Waals surface area contributed by atoms with Gasteiger partial charge in [-0.25, -0.2) is 4.98 Å². The van der Waals surface area contributed by atoms with Crippen molar-refractivity contribution >= 4 is 22.1 Å². The third-order valence-corrected chi connectivity index (χ3v) is 5.97. The topological polar surface area (TPSA) is 77.0 Å². The van der Waals surface area contributed by atoms with Gasteiger partial charge in [0.05, 0.1) is 7.11 Å². The summed E-state index contributed by atoms with van der Waals surface area (Å²) in [6.07, 6.45) is 0. The number of nitrogens with one attached hydrogen (secondary N) is 3. The molecule has 1 fully saturated rings. The van der Waals surface area contributed by atoms with E-state index in [1.807, 2.05) is 36.4 Å². The normalized spacial score (nSPS) is 19.4. The van der Waals surface area contributed by atoms with Crippen molar-refractivity contribution in [2.24, 2.45) is 0 Å². The van der Waals surface area contributed by atoms with Crippen LogP contribution in [0.25, 0.3) is 22.1 Å². The molecule has 1 aliphatic heterocycles. The highest BCUT2D eigenvalue weighted by atomic mass is 16.5. The Kier molecular flexibility index (Phi) is 4.98. The van der Waals surface area contributed by atoms with E-state index >= 15 is 0 Å². The number of hydrogen-bond donors (Lipinski definition) is 3. The molecule has 2 aromatic carbocycles. The summed E-state index contributed by atoms with van der Waals surface area (Å²) >= 11 is 0. The van der Waals surface area contributed by atoms with Crippen LogP contribution in [0.2, 0.25) is 0 Å². The molecule has 1 aliphatic rings. The molecule has 2 aromatic heterocycles. The summed E-state index contributed by atoms with van der Waals surface area (Å²) in [5, 5.41) is 0.892. The van der Waals surface area contributed by atoms with Crippen LogP contribution in [0.4, 0.5) is 0 Å². The molecule has 3 heterocycles. The minimum absolute atomic E-state index is 0.200. The summed E-state index contributed by atoms with van der Waals surface area (Å²) in [6, 6.07) is 16.0. The zero-order chi connectivity index (χ0) is 20.5. The number of H-pyrrole nitrogens is 1. The molecule has 3 N–H and O–H groups in total. The third-order valence-electron chi connectivity index (χ3n) is 5.97. The number of methoxy groups -OCH3 is 1. The smallest absolute Gasteiger partial charge is 0.294 e. The lowest BCUT2D eigenvalue weighted by atomic mass is 10.2. The summed E-state index contributed by atoms with van der Waals surface area (Å²) in [7, 11) is 1.69. The van der Waals surface area contributed by atoms with Crippen LogP contribution in [0.3, 0.4) is 0 Å². The molecule has 4 aromatic rings. The van der Waals surface area contributed by atoms with Gasteiger partial charge in [0, 0.05) is 10.9 Å². The van der Waals surface area contributed by atoms with Crippen molar-refractivity contribution in [2.75, 3.05) is 33.3 Å². The van der Waals surface area contributed by atoms with Gasteiger partial charge in [0.15, 0.2) is 5.82 Å². The molecule has 0 radical (unpaired) electrons. The number of ether oxygens (including phenoxy) is 1. The SMILES string of the molecule is COc1ccc(C[NH+]2CC[NH+](Cc3nc4c(oc5ccccc54)c(=O)[nH]3)CC2)cc1. The zero-order valence-corrected chi connectivity index (χ0v) is 17.0. The number of quaternary nitrogens is 2. The molecule has 154 valence electrons. The van der Waals surface area contributed by atoms with Crippen LogP contribution in [-0.2, 0) is 13.1 Å². The van der Waals surface area contributed by atoms with Crippen LogP contribution in [0.1, 0.15) is 11.4 Å². The number of hydrogen-bond acceptors (Lipinski definition) is 4. The maximum Gasteiger partial charge on any atom is 0.294 e. The number of fused-ring (bicyclic) bond motifs is 3. The van der Waals surface area contributed by atoms with Crippen LogP contribution in [0.15, 0.2) is 57.7 Å². The Morgan fingerprint density at radius 3 is 2.43 bits per heavy atom. The van der Waals surface area contributed by atoms with Gasteiger partial charge < -0.3 is 23.9 Å². The number of furan rings is 1. The molecule has 7 heteroatoms. The Morgan fingerprint density at radius 2 is 1.70 bits per heavy atom. The lowest BCUT2D eigenvalue weighted by Crippen LogP contribution is -3.27. The molecule has 1 saturated heterocycles. The maximum absolute atomic E-state index is 12.5. The van der Waals surface area contributed by atoms with Crippen molar-refractivity contribution in [1.29, 1.82) is 0 Å². The molecule has 7 nitrogen and oxygen atoms in total. The van der Waals surface area contributed by atoms with E-state index in [1.54, 1.807) is 12.0 Å². The number of rotatable bonds is 5. The van der Waals surface area contributed by atoms with Gasteiger partial charge >= 0.3 is 0 Å². The predicted molar refractivity (Wildman–Crippen MR) is 114 cm³/mol. The van der Waals surface area contributed by atoms with E-state index in [9.17, 15) is 4.79 Å². The van der Waals surface area contributed by atoms with Crippen molar-refractivity contribution in [3.8, 4) is 5.75 Å². The number of aromatic amines is 1. The highest BCUT2D eigenvalue weighted by molar-refractivity contribution is 6.01. The van der Waals surface area contributed by atoms with Crippen LogP contribution in [-0.4, -0.2) is 43.3 Å². The predicted octanol–water partition coefficient (Wildman–Crippen LogP) is 0.162. The molecule has 5 rings (SSSR count). The van der Waals surface area contributed by atoms with Crippen molar-refractivity contribution < 1.29 is 19.0 Å². The Bertz CT molecular complexity index is 1220. The second-order valence-corrected chi connectivity index (χ2v) is 7.99. The van der Waals surface area contributed by atoms with Crippen LogP contribution >= 0.6 is 0 Å². The zero-order valence-electron chi connectivity index (χ0n) is 17.0. The van der Waals surface area contributed by atoms with Crippen LogP contribution < -0.4 is 20.1 Å². The van der Waals surface area contributed by atoms with Crippen molar-refractivity contribution in [3.63, 3.8) is 0 Å². The molecule has 30 heavy (non-hydrogen) atoms. The van der Waals surface area contributed by atoms with E-state index in [-0.39, 0.29) is 5.56 Å². The molecule has 0 bridgehead atoms. The fourth-order valence-electron chi connectivity index (χ4n) is 4.31. The Hall–Kier alpha value is -3.16. The number of para-hydroxylation sites is 1. The van der Waals surface area contributed by atoms with Gasteiger partial charge in [0.1, 0.15) is 56.1 Å². The lowest BCUT2D eigenvalue weighted by Gasteiger charge is -2.29. The number of aromatic nitrogens is 2. The summed E-state index contributed by atoms with van der Waals surface area (Å²) < 4.78 is 10.9. The third kappa shape index (κ3) is 3.69. The van der Waals surface area contributed by atoms with Gasteiger partial charge in [0.2, 0.25) is 5.58 Å². The first-order valence-electron chi connectivity index (χ1n) is 10.4. The average Bonchev–Trinajstić information content (AvgIpc) is 3.15. The van der Waals surface area contributed by atoms with E-state index in [2.05, 4.69) is 17.1 Å². The Labute approximate surface area is 173 Å². The lowest BCUT2D eigenvalue weighted by molar-refractivity contribution is -1.02. The molecule has 0 spiro atoms. The van der Waals surface area contributed by atoms with Gasteiger partial charge in [-0.1, -0.05) is 12.1 Å². The number of benzene rings is 2. The highest BCUT2D eigenvalue weighted by Gasteiger charge is 2.24. The summed E-state index contributed by atoms with van der Waals surface area (Å²) in [6.45, 7) is 6.06. The summed E-state index contributed by atoms with van der Waals surface area (Å²) in [5.41, 5.74) is 2.80. The maximum atomic E-state index is 12.5. The second-order valence-electron chi connectivity index (χ2n) is 7.99. The minimum atomic E-state index is -0.200. The van der Waals surface area contributed by atoms with Crippen molar-refractivity contribution in [1.82, 2.24) is 9.97 Å². The van der Waals surface area contributed by atoms with Crippen molar-refractivity contribution in [2.45, 2.75) is 13.1 Å². The average molecular weight is 406 g/mol. The molecular formula is C23H26N4O3+2. The molecule has 0 amide bonds. The highest BCUT2D eigenvalue weighted by Crippen LogP contribution is 2.24. The monoisotopic (exact) mass is 406 g/mol. The first kappa shape index (κ1) is 18.8. The second kappa shape index (κ2) is 7.93. The first-order chi connectivity index (χ1) is 14.7. The fourth-order valence-corrected chi connectivity index (χ4v) is 4.31. The first-order valence-corrected chi connectivity index (χ1v) is 10.4. The molecule has 0 aliphatic carbocycles. The Balaban J connectivity index is 1.25. The summed E-state index contributed by atoms with van der Waals surface area (Å²) in [4.78, 5) is 23.2. The van der Waals surface area contributed by atoms with Crippen LogP contribution in [0, 0.1) is 0 Å². The molecule has 0 atom stereocenters. The number of piperazine rings is 1. The van der Waals surface area contributed by atoms with E-state index in [4.69, 9.17) is 14.1 Å². The molecule has 0 unspecified atom stereocenters. The van der Waals surface area contributed by atoms with Gasteiger partial charge in [0.25, 0.3) is 5.56 Å². The Morgan fingerprint density at radius 1 is 1.00 bits per heavy atom. The van der Waals surface area contributed by atoms with E-state index < -0.39 is 0 Å². The quantitative estimate of drug-likeness (QED) is 0.441. The molecule has 0 saturated carbocycles. The number of nitrogens with zero attached hydrogens (tertiary/aromatic N) is 1.